The SMILES string of the molecule is COc1cccc(C2=N/C(=C/c3ccc(OC)c(OC)c3)C(=O)N2)c1. The summed E-state index contributed by atoms with van der Waals surface area (Å²) in [4.78, 5) is 16.6. The van der Waals surface area contributed by atoms with Crippen LogP contribution in [0.15, 0.2) is 53.2 Å². The Balaban J connectivity index is 1.93. The molecule has 1 aliphatic rings. The Morgan fingerprint density at radius 1 is 0.960 bits per heavy atom. The average molecular weight is 338 g/mol. The second-order valence-electron chi connectivity index (χ2n) is 5.29. The Kier molecular flexibility index (Phi) is 4.70. The minimum Gasteiger partial charge on any atom is -0.497 e. The van der Waals surface area contributed by atoms with E-state index in [2.05, 4.69) is 10.3 Å². The van der Waals surface area contributed by atoms with E-state index >= 15 is 0 Å². The largest absolute Gasteiger partial charge is 0.497 e. The normalized spacial score (nSPS) is 14.9. The molecule has 0 radical (unpaired) electrons. The first-order valence-electron chi connectivity index (χ1n) is 7.63. The van der Waals surface area contributed by atoms with Gasteiger partial charge in [-0.05, 0) is 35.9 Å². The number of rotatable bonds is 5. The predicted octanol–water partition coefficient (Wildman–Crippen LogP) is 2.63. The van der Waals surface area contributed by atoms with Gasteiger partial charge in [0.2, 0.25) is 0 Å². The molecule has 1 N–H and O–H groups in total. The lowest BCUT2D eigenvalue weighted by Crippen LogP contribution is -2.24. The van der Waals surface area contributed by atoms with Gasteiger partial charge < -0.3 is 19.5 Å². The highest BCUT2D eigenvalue weighted by Crippen LogP contribution is 2.29. The number of ether oxygens (including phenoxy) is 3. The zero-order chi connectivity index (χ0) is 17.8. The summed E-state index contributed by atoms with van der Waals surface area (Å²) in [6, 6.07) is 12.8. The van der Waals surface area contributed by atoms with Crippen LogP contribution in [0.25, 0.3) is 6.08 Å². The second kappa shape index (κ2) is 7.09. The minimum absolute atomic E-state index is 0.257. The van der Waals surface area contributed by atoms with Crippen molar-refractivity contribution in [1.82, 2.24) is 5.32 Å². The molecule has 0 fully saturated rings. The van der Waals surface area contributed by atoms with Crippen LogP contribution in [0.5, 0.6) is 17.2 Å². The number of aliphatic imine (C=N–C) groups is 1. The topological polar surface area (TPSA) is 69.1 Å². The molecule has 0 bridgehead atoms. The monoisotopic (exact) mass is 338 g/mol. The van der Waals surface area contributed by atoms with Gasteiger partial charge in [0.15, 0.2) is 11.5 Å². The second-order valence-corrected chi connectivity index (χ2v) is 5.29. The number of hydrogen-bond acceptors (Lipinski definition) is 5. The highest BCUT2D eigenvalue weighted by Gasteiger charge is 2.21. The zero-order valence-electron chi connectivity index (χ0n) is 14.2. The molecule has 0 saturated heterocycles. The van der Waals surface area contributed by atoms with Crippen LogP contribution in [0.3, 0.4) is 0 Å². The van der Waals surface area contributed by atoms with Gasteiger partial charge in [-0.25, -0.2) is 4.99 Å². The van der Waals surface area contributed by atoms with Crippen LogP contribution in [-0.4, -0.2) is 33.1 Å². The van der Waals surface area contributed by atoms with E-state index in [1.807, 2.05) is 30.3 Å². The van der Waals surface area contributed by atoms with E-state index < -0.39 is 0 Å². The van der Waals surface area contributed by atoms with Gasteiger partial charge in [-0.1, -0.05) is 18.2 Å². The summed E-state index contributed by atoms with van der Waals surface area (Å²) >= 11 is 0. The maximum absolute atomic E-state index is 12.2. The Bertz CT molecular complexity index is 871. The molecule has 6 heteroatoms. The fourth-order valence-electron chi connectivity index (χ4n) is 2.48. The fraction of sp³-hybridized carbons (Fsp3) is 0.158. The Hall–Kier alpha value is -3.28. The van der Waals surface area contributed by atoms with E-state index in [1.54, 1.807) is 39.5 Å². The molecule has 2 aromatic carbocycles. The molecule has 0 unspecified atom stereocenters. The van der Waals surface area contributed by atoms with Crippen LogP contribution in [0, 0.1) is 0 Å². The predicted molar refractivity (Wildman–Crippen MR) is 95.2 cm³/mol. The van der Waals surface area contributed by atoms with Gasteiger partial charge in [-0.15, -0.1) is 0 Å². The molecule has 25 heavy (non-hydrogen) atoms. The number of benzene rings is 2. The van der Waals surface area contributed by atoms with E-state index in [0.29, 0.717) is 28.8 Å². The van der Waals surface area contributed by atoms with Crippen molar-refractivity contribution in [3.63, 3.8) is 0 Å². The lowest BCUT2D eigenvalue weighted by molar-refractivity contribution is -0.115. The summed E-state index contributed by atoms with van der Waals surface area (Å²) in [5, 5.41) is 2.77. The molecule has 1 heterocycles. The van der Waals surface area contributed by atoms with Gasteiger partial charge in [-0.3, -0.25) is 4.79 Å². The highest BCUT2D eigenvalue weighted by atomic mass is 16.5. The van der Waals surface area contributed by atoms with Crippen LogP contribution in [0.1, 0.15) is 11.1 Å². The Morgan fingerprint density at radius 3 is 2.48 bits per heavy atom. The lowest BCUT2D eigenvalue weighted by Gasteiger charge is -2.07. The number of hydrogen-bond donors (Lipinski definition) is 1. The lowest BCUT2D eigenvalue weighted by atomic mass is 10.1. The molecule has 1 aliphatic heterocycles. The number of nitrogens with one attached hydrogen (secondary N) is 1. The molecular formula is C19H18N2O4. The molecule has 6 nitrogen and oxygen atoms in total. The van der Waals surface area contributed by atoms with Crippen molar-refractivity contribution >= 4 is 17.8 Å². The maximum atomic E-state index is 12.2. The number of carbonyl (C=O) groups excluding carboxylic acids is 1. The van der Waals surface area contributed by atoms with E-state index in [-0.39, 0.29) is 5.91 Å². The molecule has 0 aliphatic carbocycles. The number of amidine groups is 1. The van der Waals surface area contributed by atoms with Crippen molar-refractivity contribution < 1.29 is 19.0 Å². The van der Waals surface area contributed by atoms with Crippen molar-refractivity contribution in [2.45, 2.75) is 0 Å². The average Bonchev–Trinajstić information content (AvgIpc) is 3.02. The molecule has 3 rings (SSSR count). The third-order valence-electron chi connectivity index (χ3n) is 3.75. The Morgan fingerprint density at radius 2 is 1.76 bits per heavy atom. The van der Waals surface area contributed by atoms with Crippen molar-refractivity contribution in [1.29, 1.82) is 0 Å². The van der Waals surface area contributed by atoms with Crippen LogP contribution in [0.4, 0.5) is 0 Å². The zero-order valence-corrected chi connectivity index (χ0v) is 14.2. The number of amides is 1. The van der Waals surface area contributed by atoms with Gasteiger partial charge in [0.1, 0.15) is 17.3 Å². The first-order valence-corrected chi connectivity index (χ1v) is 7.63. The fourth-order valence-corrected chi connectivity index (χ4v) is 2.48. The van der Waals surface area contributed by atoms with Crippen molar-refractivity contribution in [3.8, 4) is 17.2 Å². The summed E-state index contributed by atoms with van der Waals surface area (Å²) in [5.74, 6) is 2.16. The van der Waals surface area contributed by atoms with Crippen LogP contribution in [0.2, 0.25) is 0 Å². The van der Waals surface area contributed by atoms with E-state index in [1.165, 1.54) is 0 Å². The third kappa shape index (κ3) is 3.47. The molecule has 0 atom stereocenters. The van der Waals surface area contributed by atoms with E-state index in [9.17, 15) is 4.79 Å². The van der Waals surface area contributed by atoms with Gasteiger partial charge in [-0.2, -0.15) is 0 Å². The summed E-state index contributed by atoms with van der Waals surface area (Å²) in [5.41, 5.74) is 1.90. The molecule has 128 valence electrons. The van der Waals surface area contributed by atoms with Crippen molar-refractivity contribution in [3.05, 3.63) is 59.3 Å². The first-order chi connectivity index (χ1) is 12.1. The van der Waals surface area contributed by atoms with Gasteiger partial charge >= 0.3 is 0 Å². The standard InChI is InChI=1S/C19H18N2O4/c1-23-14-6-4-5-13(11-14)18-20-15(19(22)21-18)9-12-7-8-16(24-2)17(10-12)25-3/h4-11H,1-3H3,(H,20,21,22)/b15-9+. The summed E-state index contributed by atoms with van der Waals surface area (Å²) in [6.07, 6.45) is 1.70. The molecular weight excluding hydrogens is 320 g/mol. The van der Waals surface area contributed by atoms with Crippen LogP contribution in [-0.2, 0) is 4.79 Å². The molecule has 0 spiro atoms. The molecule has 1 amide bonds. The quantitative estimate of drug-likeness (QED) is 0.851. The molecule has 2 aromatic rings. The highest BCUT2D eigenvalue weighted by molar-refractivity contribution is 6.19. The number of carbonyl (C=O) groups is 1. The number of methoxy groups -OCH3 is 3. The smallest absolute Gasteiger partial charge is 0.275 e. The van der Waals surface area contributed by atoms with Crippen LogP contribution >= 0.6 is 0 Å². The van der Waals surface area contributed by atoms with E-state index in [0.717, 1.165) is 11.1 Å². The first kappa shape index (κ1) is 16.6. The molecule has 0 aromatic heterocycles. The Labute approximate surface area is 145 Å². The summed E-state index contributed by atoms with van der Waals surface area (Å²) < 4.78 is 15.7. The van der Waals surface area contributed by atoms with Crippen molar-refractivity contribution in [2.75, 3.05) is 21.3 Å². The molecule has 0 saturated carbocycles. The minimum atomic E-state index is -0.257. The third-order valence-corrected chi connectivity index (χ3v) is 3.75. The van der Waals surface area contributed by atoms with Crippen LogP contribution < -0.4 is 19.5 Å². The summed E-state index contributed by atoms with van der Waals surface area (Å²) in [7, 11) is 4.73. The maximum Gasteiger partial charge on any atom is 0.275 e. The number of nitrogens with zero attached hydrogens (tertiary/aromatic N) is 1. The van der Waals surface area contributed by atoms with Gasteiger partial charge in [0.25, 0.3) is 5.91 Å². The van der Waals surface area contributed by atoms with Gasteiger partial charge in [0.05, 0.1) is 21.3 Å². The van der Waals surface area contributed by atoms with E-state index in [4.69, 9.17) is 14.2 Å². The van der Waals surface area contributed by atoms with Crippen molar-refractivity contribution in [2.24, 2.45) is 4.99 Å². The summed E-state index contributed by atoms with van der Waals surface area (Å²) in [6.45, 7) is 0. The van der Waals surface area contributed by atoms with Gasteiger partial charge in [0, 0.05) is 5.56 Å².